The summed E-state index contributed by atoms with van der Waals surface area (Å²) in [4.78, 5) is 49.6. The van der Waals surface area contributed by atoms with Crippen molar-refractivity contribution in [2.75, 3.05) is 25.4 Å². The minimum absolute atomic E-state index is 0.106. The Morgan fingerprint density at radius 1 is 1.08 bits per heavy atom. The van der Waals surface area contributed by atoms with E-state index in [9.17, 15) is 19.2 Å². The first-order valence-electron chi connectivity index (χ1n) is 7.57. The highest BCUT2D eigenvalue weighted by Crippen LogP contribution is 2.17. The fourth-order valence-electron chi connectivity index (χ4n) is 2.16. The van der Waals surface area contributed by atoms with Gasteiger partial charge < -0.3 is 5.32 Å². The number of nitrogens with one attached hydrogen (secondary N) is 1. The molecule has 0 atom stereocenters. The molecule has 0 aliphatic carbocycles. The maximum Gasteiger partial charge on any atom is 0.334 e. The van der Waals surface area contributed by atoms with Crippen molar-refractivity contribution in [3.63, 3.8) is 0 Å². The van der Waals surface area contributed by atoms with Gasteiger partial charge in [0.2, 0.25) is 5.91 Å². The molecule has 1 aromatic rings. The standard InChI is InChI=1S/C16H19N3O4S/c1-3-18-14(21)15(22)19(16(18)23)10-13(20)17-8-9-24-12-6-4-11(2)5-7-12/h4-7H,3,8-10H2,1-2H3,(H,17,20). The van der Waals surface area contributed by atoms with Crippen LogP contribution in [0.4, 0.5) is 4.79 Å². The van der Waals surface area contributed by atoms with Crippen molar-refractivity contribution in [2.24, 2.45) is 0 Å². The highest BCUT2D eigenvalue weighted by atomic mass is 32.2. The summed E-state index contributed by atoms with van der Waals surface area (Å²) in [5.74, 6) is -1.64. The Balaban J connectivity index is 1.75. The molecule has 0 aromatic heterocycles. The number of carbonyl (C=O) groups excluding carboxylic acids is 4. The van der Waals surface area contributed by atoms with E-state index in [1.54, 1.807) is 18.7 Å². The van der Waals surface area contributed by atoms with Crippen LogP contribution >= 0.6 is 11.8 Å². The molecule has 0 spiro atoms. The minimum atomic E-state index is -0.953. The summed E-state index contributed by atoms with van der Waals surface area (Å²) in [5, 5.41) is 2.64. The van der Waals surface area contributed by atoms with Crippen molar-refractivity contribution in [3.05, 3.63) is 29.8 Å². The zero-order valence-corrected chi connectivity index (χ0v) is 14.4. The molecule has 0 unspecified atom stereocenters. The third-order valence-corrected chi connectivity index (χ3v) is 4.48. The van der Waals surface area contributed by atoms with Crippen molar-refractivity contribution < 1.29 is 19.2 Å². The molecule has 0 radical (unpaired) electrons. The number of benzene rings is 1. The molecule has 1 N–H and O–H groups in total. The largest absolute Gasteiger partial charge is 0.354 e. The summed E-state index contributed by atoms with van der Waals surface area (Å²) in [6, 6.07) is 7.31. The van der Waals surface area contributed by atoms with Crippen molar-refractivity contribution in [1.29, 1.82) is 0 Å². The Hall–Kier alpha value is -2.35. The lowest BCUT2D eigenvalue weighted by atomic mass is 10.2. The Morgan fingerprint density at radius 3 is 2.29 bits per heavy atom. The second-order valence-electron chi connectivity index (χ2n) is 5.23. The van der Waals surface area contributed by atoms with E-state index in [1.165, 1.54) is 5.56 Å². The van der Waals surface area contributed by atoms with Gasteiger partial charge in [0.1, 0.15) is 6.54 Å². The van der Waals surface area contributed by atoms with E-state index < -0.39 is 30.3 Å². The summed E-state index contributed by atoms with van der Waals surface area (Å²) >= 11 is 1.59. The molecule has 0 bridgehead atoms. The van der Waals surface area contributed by atoms with Crippen LogP contribution in [0.1, 0.15) is 12.5 Å². The molecule has 7 nitrogen and oxygen atoms in total. The number of amides is 5. The van der Waals surface area contributed by atoms with Gasteiger partial charge in [0.15, 0.2) is 0 Å². The summed E-state index contributed by atoms with van der Waals surface area (Å²) in [6.45, 7) is 3.68. The van der Waals surface area contributed by atoms with E-state index in [2.05, 4.69) is 5.32 Å². The number of hydrogen-bond acceptors (Lipinski definition) is 5. The van der Waals surface area contributed by atoms with E-state index in [-0.39, 0.29) is 6.54 Å². The third kappa shape index (κ3) is 4.14. The number of hydrogen-bond donors (Lipinski definition) is 1. The van der Waals surface area contributed by atoms with Crippen LogP contribution < -0.4 is 5.32 Å². The van der Waals surface area contributed by atoms with Gasteiger partial charge in [-0.3, -0.25) is 19.3 Å². The van der Waals surface area contributed by atoms with Crippen LogP contribution in [-0.2, 0) is 14.4 Å². The van der Waals surface area contributed by atoms with E-state index in [1.807, 2.05) is 31.2 Å². The topological polar surface area (TPSA) is 86.8 Å². The number of urea groups is 1. The SMILES string of the molecule is CCN1C(=O)C(=O)N(CC(=O)NCCSc2ccc(C)cc2)C1=O. The summed E-state index contributed by atoms with van der Waals surface area (Å²) in [7, 11) is 0. The molecule has 128 valence electrons. The molecule has 2 rings (SSSR count). The monoisotopic (exact) mass is 349 g/mol. The van der Waals surface area contributed by atoms with Gasteiger partial charge in [0.25, 0.3) is 0 Å². The summed E-state index contributed by atoms with van der Waals surface area (Å²) in [6.07, 6.45) is 0. The first-order valence-corrected chi connectivity index (χ1v) is 8.56. The maximum absolute atomic E-state index is 11.9. The van der Waals surface area contributed by atoms with E-state index in [0.717, 1.165) is 9.80 Å². The third-order valence-electron chi connectivity index (χ3n) is 3.47. The number of imide groups is 2. The molecule has 1 saturated heterocycles. The Bertz CT molecular complexity index is 660. The number of aryl methyl sites for hydroxylation is 1. The predicted molar refractivity (Wildman–Crippen MR) is 89.4 cm³/mol. The molecule has 1 fully saturated rings. The molecule has 24 heavy (non-hydrogen) atoms. The van der Waals surface area contributed by atoms with E-state index in [4.69, 9.17) is 0 Å². The van der Waals surface area contributed by atoms with Gasteiger partial charge in [-0.2, -0.15) is 0 Å². The normalized spacial score (nSPS) is 14.5. The Morgan fingerprint density at radius 2 is 1.71 bits per heavy atom. The Kier molecular flexibility index (Phi) is 5.97. The molecule has 8 heteroatoms. The quantitative estimate of drug-likeness (QED) is 0.344. The zero-order valence-electron chi connectivity index (χ0n) is 13.6. The molecule has 1 heterocycles. The first kappa shape index (κ1) is 18.0. The number of nitrogens with zero attached hydrogens (tertiary/aromatic N) is 2. The lowest BCUT2D eigenvalue weighted by Crippen LogP contribution is -2.42. The summed E-state index contributed by atoms with van der Waals surface area (Å²) < 4.78 is 0. The second-order valence-corrected chi connectivity index (χ2v) is 6.40. The number of likely N-dealkylation sites (N-methyl/N-ethyl adjacent to an activating group) is 1. The molecule has 1 aromatic carbocycles. The predicted octanol–water partition coefficient (Wildman–Crippen LogP) is 1.01. The molecule has 1 aliphatic heterocycles. The smallest absolute Gasteiger partial charge is 0.334 e. The van der Waals surface area contributed by atoms with E-state index in [0.29, 0.717) is 17.2 Å². The van der Waals surface area contributed by atoms with Crippen LogP contribution in [-0.4, -0.2) is 58.9 Å². The average Bonchev–Trinajstić information content (AvgIpc) is 2.76. The fourth-order valence-corrected chi connectivity index (χ4v) is 2.93. The molecule has 5 amide bonds. The lowest BCUT2D eigenvalue weighted by molar-refractivity contribution is -0.143. The molecular weight excluding hydrogens is 330 g/mol. The van der Waals surface area contributed by atoms with Crippen LogP contribution in [0.2, 0.25) is 0 Å². The second kappa shape index (κ2) is 7.96. The van der Waals surface area contributed by atoms with Crippen molar-refractivity contribution in [2.45, 2.75) is 18.7 Å². The minimum Gasteiger partial charge on any atom is -0.354 e. The zero-order chi connectivity index (χ0) is 17.7. The first-order chi connectivity index (χ1) is 11.4. The van der Waals surface area contributed by atoms with Gasteiger partial charge in [-0.1, -0.05) is 17.7 Å². The van der Waals surface area contributed by atoms with Gasteiger partial charge in [-0.15, -0.1) is 11.8 Å². The van der Waals surface area contributed by atoms with Crippen molar-refractivity contribution >= 4 is 35.5 Å². The van der Waals surface area contributed by atoms with Crippen molar-refractivity contribution in [3.8, 4) is 0 Å². The van der Waals surface area contributed by atoms with Crippen molar-refractivity contribution in [1.82, 2.24) is 15.1 Å². The number of carbonyl (C=O) groups is 4. The average molecular weight is 349 g/mol. The van der Waals surface area contributed by atoms with Crippen LogP contribution in [0.5, 0.6) is 0 Å². The highest BCUT2D eigenvalue weighted by molar-refractivity contribution is 7.99. The maximum atomic E-state index is 11.9. The van der Waals surface area contributed by atoms with Gasteiger partial charge in [0.05, 0.1) is 0 Å². The van der Waals surface area contributed by atoms with Gasteiger partial charge in [-0.05, 0) is 26.0 Å². The summed E-state index contributed by atoms with van der Waals surface area (Å²) in [5.41, 5.74) is 1.18. The highest BCUT2D eigenvalue weighted by Gasteiger charge is 2.44. The van der Waals surface area contributed by atoms with Crippen LogP contribution in [0, 0.1) is 6.92 Å². The number of thioether (sulfide) groups is 1. The molecule has 1 aliphatic rings. The molecule has 0 saturated carbocycles. The van der Waals surface area contributed by atoms with E-state index >= 15 is 0 Å². The van der Waals surface area contributed by atoms with Gasteiger partial charge in [0, 0.05) is 23.7 Å². The van der Waals surface area contributed by atoms with Gasteiger partial charge in [-0.25, -0.2) is 9.69 Å². The van der Waals surface area contributed by atoms with Crippen LogP contribution in [0.25, 0.3) is 0 Å². The lowest BCUT2D eigenvalue weighted by Gasteiger charge is -2.13. The van der Waals surface area contributed by atoms with Crippen LogP contribution in [0.3, 0.4) is 0 Å². The fraction of sp³-hybridized carbons (Fsp3) is 0.375. The molecular formula is C16H19N3O4S. The Labute approximate surface area is 144 Å². The van der Waals surface area contributed by atoms with Gasteiger partial charge >= 0.3 is 17.8 Å². The number of rotatable bonds is 7. The van der Waals surface area contributed by atoms with Crippen LogP contribution in [0.15, 0.2) is 29.2 Å².